The van der Waals surface area contributed by atoms with Gasteiger partial charge in [-0.05, 0) is 35.4 Å². The number of rotatable bonds is 7. The predicted octanol–water partition coefficient (Wildman–Crippen LogP) is 5.78. The molecular formula is C17H15ClN2OS3. The van der Waals surface area contributed by atoms with Crippen LogP contribution in [0.15, 0.2) is 57.2 Å². The molecule has 0 aliphatic rings. The molecule has 2 aromatic carbocycles. The lowest BCUT2D eigenvalue weighted by Crippen LogP contribution is -1.84. The number of hydrogen-bond donors (Lipinski definition) is 0. The fourth-order valence-corrected chi connectivity index (χ4v) is 5.08. The van der Waals surface area contributed by atoms with Crippen LogP contribution in [0.5, 0.6) is 5.75 Å². The van der Waals surface area contributed by atoms with Crippen LogP contribution in [-0.2, 0) is 11.5 Å². The molecule has 1 aromatic heterocycles. The van der Waals surface area contributed by atoms with Crippen LogP contribution in [0.4, 0.5) is 0 Å². The largest absolute Gasteiger partial charge is 0.497 e. The van der Waals surface area contributed by atoms with E-state index in [2.05, 4.69) is 28.4 Å². The van der Waals surface area contributed by atoms with Crippen molar-refractivity contribution in [1.82, 2.24) is 10.2 Å². The van der Waals surface area contributed by atoms with E-state index in [1.54, 1.807) is 42.0 Å². The number of thioether (sulfide) groups is 2. The summed E-state index contributed by atoms with van der Waals surface area (Å²) in [5, 5.41) is 9.27. The van der Waals surface area contributed by atoms with Gasteiger partial charge in [0.2, 0.25) is 0 Å². The highest BCUT2D eigenvalue weighted by molar-refractivity contribution is 8.02. The van der Waals surface area contributed by atoms with Gasteiger partial charge in [0.15, 0.2) is 8.68 Å². The Morgan fingerprint density at radius 1 is 0.958 bits per heavy atom. The Morgan fingerprint density at radius 2 is 1.62 bits per heavy atom. The first-order valence-electron chi connectivity index (χ1n) is 7.19. The van der Waals surface area contributed by atoms with E-state index >= 15 is 0 Å². The number of hydrogen-bond acceptors (Lipinski definition) is 6. The summed E-state index contributed by atoms with van der Waals surface area (Å²) in [7, 11) is 1.67. The molecule has 0 atom stereocenters. The average molecular weight is 395 g/mol. The highest BCUT2D eigenvalue weighted by Gasteiger charge is 2.07. The number of methoxy groups -OCH3 is 1. The van der Waals surface area contributed by atoms with Crippen molar-refractivity contribution in [2.24, 2.45) is 0 Å². The van der Waals surface area contributed by atoms with Gasteiger partial charge in [-0.1, -0.05) is 70.7 Å². The Morgan fingerprint density at radius 3 is 2.25 bits per heavy atom. The maximum atomic E-state index is 6.00. The van der Waals surface area contributed by atoms with Gasteiger partial charge >= 0.3 is 0 Å². The number of halogens is 1. The molecule has 0 saturated carbocycles. The highest BCUT2D eigenvalue weighted by Crippen LogP contribution is 2.32. The standard InChI is InChI=1S/C17H15ClN2OS3/c1-21-15-7-5-12(6-8-15)10-22-16-19-20-17(24-16)23-11-13-3-2-4-14(18)9-13/h2-9H,10-11H2,1H3. The van der Waals surface area contributed by atoms with E-state index < -0.39 is 0 Å². The molecular weight excluding hydrogens is 380 g/mol. The first-order chi connectivity index (χ1) is 11.7. The molecule has 3 rings (SSSR count). The summed E-state index contributed by atoms with van der Waals surface area (Å²) in [5.41, 5.74) is 2.43. The van der Waals surface area contributed by atoms with Gasteiger partial charge in [-0.2, -0.15) is 0 Å². The first kappa shape index (κ1) is 17.6. The summed E-state index contributed by atoms with van der Waals surface area (Å²) in [4.78, 5) is 0. The average Bonchev–Trinajstić information content (AvgIpc) is 3.07. The molecule has 7 heteroatoms. The van der Waals surface area contributed by atoms with Crippen molar-refractivity contribution in [2.45, 2.75) is 20.2 Å². The van der Waals surface area contributed by atoms with Gasteiger partial charge in [-0.15, -0.1) is 10.2 Å². The van der Waals surface area contributed by atoms with E-state index in [-0.39, 0.29) is 0 Å². The third kappa shape index (κ3) is 5.14. The van der Waals surface area contributed by atoms with Crippen molar-refractivity contribution in [3.8, 4) is 5.75 Å². The van der Waals surface area contributed by atoms with Gasteiger partial charge in [0.1, 0.15) is 5.75 Å². The molecule has 0 N–H and O–H groups in total. The number of benzene rings is 2. The minimum absolute atomic E-state index is 0.765. The predicted molar refractivity (Wildman–Crippen MR) is 103 cm³/mol. The van der Waals surface area contributed by atoms with Crippen LogP contribution >= 0.6 is 46.5 Å². The number of ether oxygens (including phenoxy) is 1. The zero-order chi connectivity index (χ0) is 16.8. The fraction of sp³-hybridized carbons (Fsp3) is 0.176. The molecule has 0 radical (unpaired) electrons. The van der Waals surface area contributed by atoms with Gasteiger partial charge in [-0.3, -0.25) is 0 Å². The van der Waals surface area contributed by atoms with Crippen LogP contribution in [0.3, 0.4) is 0 Å². The van der Waals surface area contributed by atoms with E-state index in [4.69, 9.17) is 16.3 Å². The fourth-order valence-electron chi connectivity index (χ4n) is 1.95. The molecule has 0 bridgehead atoms. The molecule has 0 unspecified atom stereocenters. The molecule has 0 amide bonds. The Balaban J connectivity index is 1.51. The summed E-state index contributed by atoms with van der Waals surface area (Å²) in [5.74, 6) is 2.59. The summed E-state index contributed by atoms with van der Waals surface area (Å²) in [6.45, 7) is 0. The maximum absolute atomic E-state index is 6.00. The van der Waals surface area contributed by atoms with E-state index in [0.29, 0.717) is 0 Å². The molecule has 0 aliphatic carbocycles. The third-order valence-corrected chi connectivity index (χ3v) is 6.73. The van der Waals surface area contributed by atoms with Crippen LogP contribution in [0.25, 0.3) is 0 Å². The van der Waals surface area contributed by atoms with E-state index in [1.165, 1.54) is 11.1 Å². The van der Waals surface area contributed by atoms with E-state index in [9.17, 15) is 0 Å². The summed E-state index contributed by atoms with van der Waals surface area (Å²) in [6, 6.07) is 16.0. The second-order valence-electron chi connectivity index (χ2n) is 4.89. The van der Waals surface area contributed by atoms with Crippen molar-refractivity contribution in [1.29, 1.82) is 0 Å². The summed E-state index contributed by atoms with van der Waals surface area (Å²) in [6.07, 6.45) is 0. The van der Waals surface area contributed by atoms with Crippen LogP contribution in [0.1, 0.15) is 11.1 Å². The molecule has 24 heavy (non-hydrogen) atoms. The van der Waals surface area contributed by atoms with Crippen LogP contribution in [0, 0.1) is 0 Å². The zero-order valence-electron chi connectivity index (χ0n) is 12.9. The monoisotopic (exact) mass is 394 g/mol. The quantitative estimate of drug-likeness (QED) is 0.474. The number of aromatic nitrogens is 2. The topological polar surface area (TPSA) is 35.0 Å². The van der Waals surface area contributed by atoms with Crippen molar-refractivity contribution >= 4 is 46.5 Å². The minimum Gasteiger partial charge on any atom is -0.497 e. The Labute approximate surface area is 158 Å². The Bertz CT molecular complexity index is 793. The molecule has 124 valence electrons. The van der Waals surface area contributed by atoms with Gasteiger partial charge < -0.3 is 4.74 Å². The first-order valence-corrected chi connectivity index (χ1v) is 10.4. The van der Waals surface area contributed by atoms with Crippen LogP contribution in [-0.4, -0.2) is 17.3 Å². The molecule has 0 fully saturated rings. The van der Waals surface area contributed by atoms with Gasteiger partial charge in [0.25, 0.3) is 0 Å². The second-order valence-corrected chi connectivity index (χ2v) is 8.75. The Kier molecular flexibility index (Phi) is 6.43. The molecule has 3 nitrogen and oxygen atoms in total. The van der Waals surface area contributed by atoms with E-state index in [0.717, 1.165) is 31.0 Å². The smallest absolute Gasteiger partial charge is 0.175 e. The van der Waals surface area contributed by atoms with Gasteiger partial charge in [0.05, 0.1) is 7.11 Å². The SMILES string of the molecule is COc1ccc(CSc2nnc(SCc3cccc(Cl)c3)s2)cc1. The number of nitrogens with zero attached hydrogens (tertiary/aromatic N) is 2. The van der Waals surface area contributed by atoms with Gasteiger partial charge in [0, 0.05) is 16.5 Å². The van der Waals surface area contributed by atoms with E-state index in [1.807, 2.05) is 30.3 Å². The summed E-state index contributed by atoms with van der Waals surface area (Å²) >= 11 is 11.0. The van der Waals surface area contributed by atoms with Crippen LogP contribution in [0.2, 0.25) is 5.02 Å². The molecule has 1 heterocycles. The molecule has 0 spiro atoms. The van der Waals surface area contributed by atoms with Crippen molar-refractivity contribution in [2.75, 3.05) is 7.11 Å². The molecule has 0 saturated heterocycles. The Hall–Kier alpha value is -1.21. The van der Waals surface area contributed by atoms with Crippen molar-refractivity contribution in [3.05, 3.63) is 64.7 Å². The lowest BCUT2D eigenvalue weighted by molar-refractivity contribution is 0.414. The normalized spacial score (nSPS) is 10.8. The minimum atomic E-state index is 0.765. The van der Waals surface area contributed by atoms with Crippen molar-refractivity contribution < 1.29 is 4.74 Å². The lowest BCUT2D eigenvalue weighted by Gasteiger charge is -2.01. The lowest BCUT2D eigenvalue weighted by atomic mass is 10.2. The maximum Gasteiger partial charge on any atom is 0.175 e. The molecule has 0 aliphatic heterocycles. The second kappa shape index (κ2) is 8.76. The summed E-state index contributed by atoms with van der Waals surface area (Å²) < 4.78 is 7.13. The third-order valence-electron chi connectivity index (χ3n) is 3.16. The molecule has 3 aromatic rings. The van der Waals surface area contributed by atoms with Crippen LogP contribution < -0.4 is 4.74 Å². The van der Waals surface area contributed by atoms with Gasteiger partial charge in [-0.25, -0.2) is 0 Å². The zero-order valence-corrected chi connectivity index (χ0v) is 16.1. The highest BCUT2D eigenvalue weighted by atomic mass is 35.5. The van der Waals surface area contributed by atoms with Crippen molar-refractivity contribution in [3.63, 3.8) is 0 Å².